The van der Waals surface area contributed by atoms with Crippen molar-refractivity contribution >= 4 is 28.5 Å². The van der Waals surface area contributed by atoms with Gasteiger partial charge in [-0.15, -0.1) is 6.58 Å². The van der Waals surface area contributed by atoms with Gasteiger partial charge in [-0.1, -0.05) is 12.1 Å². The maximum atomic E-state index is 12.1. The minimum absolute atomic E-state index is 0.356. The second-order valence-corrected chi connectivity index (χ2v) is 5.26. The quantitative estimate of drug-likeness (QED) is 0.697. The molecule has 0 fully saturated rings. The van der Waals surface area contributed by atoms with E-state index < -0.39 is 11.8 Å². The molecule has 0 aliphatic rings. The van der Waals surface area contributed by atoms with E-state index in [1.54, 1.807) is 55.7 Å². The molecule has 25 heavy (non-hydrogen) atoms. The highest BCUT2D eigenvalue weighted by atomic mass is 16.5. The fourth-order valence-electron chi connectivity index (χ4n) is 2.44. The Bertz CT molecular complexity index is 987. The second kappa shape index (κ2) is 6.96. The number of hydrogen-bond donors (Lipinski definition) is 2. The molecule has 7 nitrogen and oxygen atoms in total. The van der Waals surface area contributed by atoms with E-state index in [9.17, 15) is 9.59 Å². The van der Waals surface area contributed by atoms with Crippen LogP contribution in [-0.4, -0.2) is 17.7 Å². The van der Waals surface area contributed by atoms with Gasteiger partial charge in [-0.25, -0.2) is 9.59 Å². The van der Waals surface area contributed by atoms with Crippen molar-refractivity contribution < 1.29 is 13.9 Å². The Morgan fingerprint density at radius 2 is 2.00 bits per heavy atom. The van der Waals surface area contributed by atoms with Crippen molar-refractivity contribution in [1.29, 1.82) is 0 Å². The average Bonchev–Trinajstić information content (AvgIpc) is 2.90. The second-order valence-electron chi connectivity index (χ2n) is 5.26. The lowest BCUT2D eigenvalue weighted by Gasteiger charge is -2.08. The molecule has 0 bridgehead atoms. The van der Waals surface area contributed by atoms with Gasteiger partial charge in [0.2, 0.25) is 0 Å². The van der Waals surface area contributed by atoms with Gasteiger partial charge in [-0.2, -0.15) is 0 Å². The lowest BCUT2D eigenvalue weighted by molar-refractivity contribution is 0.262. The van der Waals surface area contributed by atoms with E-state index in [0.29, 0.717) is 34.8 Å². The number of rotatable bonds is 5. The molecule has 2 aromatic carbocycles. The molecule has 0 unspecified atom stereocenters. The third kappa shape index (κ3) is 3.55. The summed E-state index contributed by atoms with van der Waals surface area (Å²) in [6.45, 7) is 3.97. The third-order valence-corrected chi connectivity index (χ3v) is 3.57. The first kappa shape index (κ1) is 16.4. The zero-order valence-electron chi connectivity index (χ0n) is 13.6. The van der Waals surface area contributed by atoms with E-state index in [1.165, 1.54) is 4.57 Å². The summed E-state index contributed by atoms with van der Waals surface area (Å²) in [6.07, 6.45) is 1.62. The van der Waals surface area contributed by atoms with Gasteiger partial charge in [0.1, 0.15) is 5.75 Å². The number of hydrogen-bond acceptors (Lipinski definition) is 4. The largest absolute Gasteiger partial charge is 0.497 e. The molecule has 128 valence electrons. The van der Waals surface area contributed by atoms with Gasteiger partial charge in [-0.05, 0) is 24.3 Å². The summed E-state index contributed by atoms with van der Waals surface area (Å²) in [5, 5.41) is 5.41. The van der Waals surface area contributed by atoms with Crippen LogP contribution in [0.4, 0.5) is 16.2 Å². The van der Waals surface area contributed by atoms with Crippen molar-refractivity contribution in [1.82, 2.24) is 4.57 Å². The zero-order valence-corrected chi connectivity index (χ0v) is 13.6. The third-order valence-electron chi connectivity index (χ3n) is 3.57. The number of methoxy groups -OCH3 is 1. The number of fused-ring (bicyclic) bond motifs is 1. The number of anilines is 2. The maximum absolute atomic E-state index is 12.1. The van der Waals surface area contributed by atoms with Crippen LogP contribution in [0.5, 0.6) is 5.75 Å². The van der Waals surface area contributed by atoms with Crippen LogP contribution in [0.2, 0.25) is 0 Å². The molecular formula is C18H17N3O4. The van der Waals surface area contributed by atoms with Crippen molar-refractivity contribution in [3.05, 3.63) is 65.7 Å². The topological polar surface area (TPSA) is 85.5 Å². The van der Waals surface area contributed by atoms with Crippen molar-refractivity contribution in [3.8, 4) is 5.75 Å². The Morgan fingerprint density at radius 3 is 2.72 bits per heavy atom. The molecule has 3 rings (SSSR count). The van der Waals surface area contributed by atoms with E-state index in [1.807, 2.05) is 0 Å². The van der Waals surface area contributed by atoms with Gasteiger partial charge in [0.25, 0.3) is 0 Å². The van der Waals surface area contributed by atoms with Crippen LogP contribution >= 0.6 is 0 Å². The molecule has 0 saturated carbocycles. The molecule has 1 heterocycles. The first-order chi connectivity index (χ1) is 12.1. The number of ether oxygens (including phenoxy) is 1. The Kier molecular flexibility index (Phi) is 4.56. The number of carbonyl (C=O) groups excluding carboxylic acids is 1. The predicted molar refractivity (Wildman–Crippen MR) is 96.3 cm³/mol. The summed E-state index contributed by atoms with van der Waals surface area (Å²) in [4.78, 5) is 23.9. The van der Waals surface area contributed by atoms with Crippen LogP contribution in [0.1, 0.15) is 0 Å². The van der Waals surface area contributed by atoms with E-state index >= 15 is 0 Å². The van der Waals surface area contributed by atoms with Crippen LogP contribution in [-0.2, 0) is 6.54 Å². The lowest BCUT2D eigenvalue weighted by Crippen LogP contribution is -2.19. The molecule has 0 spiro atoms. The number of allylic oxidation sites excluding steroid dienone is 1. The summed E-state index contributed by atoms with van der Waals surface area (Å²) in [5.41, 5.74) is 2.14. The van der Waals surface area contributed by atoms with Gasteiger partial charge in [0.15, 0.2) is 5.58 Å². The molecule has 0 aliphatic heterocycles. The fraction of sp³-hybridized carbons (Fsp3) is 0.111. The number of nitrogens with zero attached hydrogens (tertiary/aromatic N) is 1. The first-order valence-corrected chi connectivity index (χ1v) is 7.57. The summed E-state index contributed by atoms with van der Waals surface area (Å²) >= 11 is 0. The number of urea groups is 1. The maximum Gasteiger partial charge on any atom is 0.420 e. The van der Waals surface area contributed by atoms with E-state index in [2.05, 4.69) is 17.2 Å². The smallest absolute Gasteiger partial charge is 0.420 e. The summed E-state index contributed by atoms with van der Waals surface area (Å²) in [7, 11) is 1.56. The lowest BCUT2D eigenvalue weighted by atomic mass is 10.3. The number of aromatic nitrogens is 1. The Morgan fingerprint density at radius 1 is 1.24 bits per heavy atom. The number of amides is 2. The Balaban J connectivity index is 1.77. The molecule has 0 saturated heterocycles. The van der Waals surface area contributed by atoms with Gasteiger partial charge in [0.05, 0.1) is 12.6 Å². The van der Waals surface area contributed by atoms with Crippen LogP contribution in [0.15, 0.2) is 64.3 Å². The average molecular weight is 339 g/mol. The van der Waals surface area contributed by atoms with Crippen LogP contribution < -0.4 is 21.1 Å². The molecule has 2 amide bonds. The highest BCUT2D eigenvalue weighted by molar-refractivity contribution is 6.00. The molecule has 7 heteroatoms. The van der Waals surface area contributed by atoms with Gasteiger partial charge < -0.3 is 19.8 Å². The predicted octanol–water partition coefficient (Wildman–Crippen LogP) is 3.43. The molecule has 1 aromatic heterocycles. The molecule has 0 aliphatic carbocycles. The summed E-state index contributed by atoms with van der Waals surface area (Å²) < 4.78 is 11.8. The van der Waals surface area contributed by atoms with E-state index in [0.717, 1.165) is 0 Å². The Hall–Kier alpha value is -3.48. The molecular weight excluding hydrogens is 322 g/mol. The highest BCUT2D eigenvalue weighted by Crippen LogP contribution is 2.20. The van der Waals surface area contributed by atoms with Crippen LogP contribution in [0.3, 0.4) is 0 Å². The van der Waals surface area contributed by atoms with Crippen molar-refractivity contribution in [2.75, 3.05) is 17.7 Å². The Labute approximate surface area is 143 Å². The normalized spacial score (nSPS) is 10.4. The summed E-state index contributed by atoms with van der Waals surface area (Å²) in [6, 6.07) is 11.6. The number of nitrogens with one attached hydrogen (secondary N) is 2. The SMILES string of the molecule is C=CCn1c(=O)oc2cc(NC(=O)Nc3cccc(OC)c3)ccc21. The number of carbonyl (C=O) groups is 1. The first-order valence-electron chi connectivity index (χ1n) is 7.57. The van der Waals surface area contributed by atoms with Crippen LogP contribution in [0.25, 0.3) is 11.1 Å². The minimum atomic E-state index is -0.465. The van der Waals surface area contributed by atoms with Crippen molar-refractivity contribution in [2.45, 2.75) is 6.54 Å². The minimum Gasteiger partial charge on any atom is -0.497 e. The van der Waals surface area contributed by atoms with Crippen molar-refractivity contribution in [2.24, 2.45) is 0 Å². The molecule has 2 N–H and O–H groups in total. The number of benzene rings is 2. The molecule has 0 radical (unpaired) electrons. The molecule has 0 atom stereocenters. The van der Waals surface area contributed by atoms with E-state index in [4.69, 9.17) is 9.15 Å². The molecule has 3 aromatic rings. The summed E-state index contributed by atoms with van der Waals surface area (Å²) in [5.74, 6) is 0.178. The number of oxazole rings is 1. The van der Waals surface area contributed by atoms with Crippen molar-refractivity contribution in [3.63, 3.8) is 0 Å². The fourth-order valence-corrected chi connectivity index (χ4v) is 2.44. The standard InChI is InChI=1S/C18H17N3O4/c1-3-9-21-15-8-7-13(11-16(15)25-18(21)23)20-17(22)19-12-5-4-6-14(10-12)24-2/h3-8,10-11H,1,9H2,2H3,(H2,19,20,22). The van der Waals surface area contributed by atoms with E-state index in [-0.39, 0.29) is 0 Å². The van der Waals surface area contributed by atoms with Gasteiger partial charge >= 0.3 is 11.8 Å². The monoisotopic (exact) mass is 339 g/mol. The highest BCUT2D eigenvalue weighted by Gasteiger charge is 2.10. The van der Waals surface area contributed by atoms with Gasteiger partial charge in [0, 0.05) is 30.1 Å². The zero-order chi connectivity index (χ0) is 17.8. The van der Waals surface area contributed by atoms with Crippen LogP contribution in [0, 0.1) is 0 Å². The van der Waals surface area contributed by atoms with Gasteiger partial charge in [-0.3, -0.25) is 4.57 Å².